The Morgan fingerprint density at radius 2 is 1.76 bits per heavy atom. The van der Waals surface area contributed by atoms with Gasteiger partial charge >= 0.3 is 11.9 Å². The fraction of sp³-hybridized carbons (Fsp3) is 0.529. The molecule has 1 fully saturated rings. The van der Waals surface area contributed by atoms with Crippen molar-refractivity contribution in [2.75, 3.05) is 26.2 Å². The lowest BCUT2D eigenvalue weighted by Gasteiger charge is -2.26. The van der Waals surface area contributed by atoms with Gasteiger partial charge in [0.2, 0.25) is 0 Å². The lowest BCUT2D eigenvalue weighted by molar-refractivity contribution is -0.159. The third kappa shape index (κ3) is 9.67. The summed E-state index contributed by atoms with van der Waals surface area (Å²) < 4.78 is 6.68. The smallest absolute Gasteiger partial charge is 0.414 e. The van der Waals surface area contributed by atoms with Crippen LogP contribution in [0.25, 0.3) is 0 Å². The van der Waals surface area contributed by atoms with Gasteiger partial charge in [0.1, 0.15) is 5.75 Å². The van der Waals surface area contributed by atoms with E-state index < -0.39 is 11.9 Å². The predicted molar refractivity (Wildman–Crippen MR) is 99.4 cm³/mol. The van der Waals surface area contributed by atoms with E-state index in [1.807, 2.05) is 18.2 Å². The Bertz CT molecular complexity index is 552. The van der Waals surface area contributed by atoms with Crippen molar-refractivity contribution in [2.24, 2.45) is 0 Å². The molecule has 1 aromatic carbocycles. The SMILES string of the molecule is Clc1ccc(OCCCCN2CCCCC2)c(Br)c1.O=C(O)C(=O)O. The standard InChI is InChI=1S/C15H21BrClNO.C2H2O4/c16-14-12-13(17)6-7-15(14)19-11-5-4-10-18-8-2-1-3-9-18;3-1(4)2(5)6/h6-7,12H,1-5,8-11H2;(H,3,4)(H,5,6). The number of benzene rings is 1. The van der Waals surface area contributed by atoms with Crippen molar-refractivity contribution in [3.8, 4) is 5.75 Å². The highest BCUT2D eigenvalue weighted by Gasteiger charge is 2.09. The lowest BCUT2D eigenvalue weighted by atomic mass is 10.1. The number of hydrogen-bond acceptors (Lipinski definition) is 4. The summed E-state index contributed by atoms with van der Waals surface area (Å²) in [5.41, 5.74) is 0. The number of ether oxygens (including phenoxy) is 1. The fourth-order valence-electron chi connectivity index (χ4n) is 2.39. The van der Waals surface area contributed by atoms with Crippen molar-refractivity contribution in [2.45, 2.75) is 32.1 Å². The Hall–Kier alpha value is -1.31. The summed E-state index contributed by atoms with van der Waals surface area (Å²) in [5, 5.41) is 15.5. The van der Waals surface area contributed by atoms with Crippen molar-refractivity contribution in [3.63, 3.8) is 0 Å². The second kappa shape index (κ2) is 12.1. The summed E-state index contributed by atoms with van der Waals surface area (Å²) in [6.07, 6.45) is 6.46. The van der Waals surface area contributed by atoms with E-state index in [1.54, 1.807) is 0 Å². The maximum Gasteiger partial charge on any atom is 0.414 e. The minimum Gasteiger partial charge on any atom is -0.492 e. The number of carboxylic acid groups (broad SMARTS) is 2. The van der Waals surface area contributed by atoms with Gasteiger partial charge in [-0.2, -0.15) is 0 Å². The molecule has 1 aromatic rings. The molecule has 2 rings (SSSR count). The summed E-state index contributed by atoms with van der Waals surface area (Å²) in [6.45, 7) is 4.55. The Balaban J connectivity index is 0.000000450. The summed E-state index contributed by atoms with van der Waals surface area (Å²) in [4.78, 5) is 20.8. The number of carbonyl (C=O) groups is 2. The van der Waals surface area contributed by atoms with Crippen LogP contribution in [0.5, 0.6) is 5.75 Å². The van der Waals surface area contributed by atoms with Gasteiger partial charge in [-0.05, 0) is 79.4 Å². The number of unbranched alkanes of at least 4 members (excludes halogenated alkanes) is 1. The van der Waals surface area contributed by atoms with Crippen molar-refractivity contribution < 1.29 is 24.5 Å². The van der Waals surface area contributed by atoms with Gasteiger partial charge < -0.3 is 19.8 Å². The second-order valence-electron chi connectivity index (χ2n) is 5.64. The highest BCUT2D eigenvalue weighted by molar-refractivity contribution is 9.10. The second-order valence-corrected chi connectivity index (χ2v) is 6.93. The van der Waals surface area contributed by atoms with Gasteiger partial charge in [-0.3, -0.25) is 0 Å². The maximum absolute atomic E-state index is 9.10. The normalized spacial score (nSPS) is 14.3. The first kappa shape index (κ1) is 21.7. The van der Waals surface area contributed by atoms with Crippen LogP contribution in [-0.2, 0) is 9.59 Å². The number of hydrogen-bond donors (Lipinski definition) is 2. The molecule has 8 heteroatoms. The molecule has 1 aliphatic heterocycles. The molecule has 0 aromatic heterocycles. The van der Waals surface area contributed by atoms with Crippen molar-refractivity contribution in [1.29, 1.82) is 0 Å². The number of nitrogens with zero attached hydrogens (tertiary/aromatic N) is 1. The number of piperidine rings is 1. The van der Waals surface area contributed by atoms with Crippen molar-refractivity contribution in [3.05, 3.63) is 27.7 Å². The maximum atomic E-state index is 9.10. The van der Waals surface area contributed by atoms with E-state index >= 15 is 0 Å². The zero-order valence-electron chi connectivity index (χ0n) is 13.9. The molecule has 1 aliphatic rings. The van der Waals surface area contributed by atoms with E-state index in [2.05, 4.69) is 20.8 Å². The van der Waals surface area contributed by atoms with Crippen LogP contribution in [0.3, 0.4) is 0 Å². The molecule has 2 N–H and O–H groups in total. The van der Waals surface area contributed by atoms with E-state index in [1.165, 1.54) is 45.3 Å². The Labute approximate surface area is 160 Å². The molecular weight excluding hydrogens is 414 g/mol. The zero-order chi connectivity index (χ0) is 18.7. The van der Waals surface area contributed by atoms with Crippen LogP contribution >= 0.6 is 27.5 Å². The first-order chi connectivity index (χ1) is 11.9. The first-order valence-electron chi connectivity index (χ1n) is 8.16. The first-order valence-corrected chi connectivity index (χ1v) is 9.33. The van der Waals surface area contributed by atoms with E-state index in [-0.39, 0.29) is 0 Å². The molecule has 25 heavy (non-hydrogen) atoms. The Morgan fingerprint density at radius 1 is 1.12 bits per heavy atom. The van der Waals surface area contributed by atoms with Gasteiger partial charge in [0.15, 0.2) is 0 Å². The van der Waals surface area contributed by atoms with Gasteiger partial charge in [0.05, 0.1) is 11.1 Å². The number of aliphatic carboxylic acids is 2. The van der Waals surface area contributed by atoms with Gasteiger partial charge in [-0.15, -0.1) is 0 Å². The molecule has 1 heterocycles. The van der Waals surface area contributed by atoms with Crippen molar-refractivity contribution in [1.82, 2.24) is 4.90 Å². The van der Waals surface area contributed by atoms with Crippen LogP contribution < -0.4 is 4.74 Å². The van der Waals surface area contributed by atoms with Crippen LogP contribution in [-0.4, -0.2) is 53.3 Å². The minimum absolute atomic E-state index is 0.726. The molecule has 0 radical (unpaired) electrons. The van der Waals surface area contributed by atoms with Gasteiger partial charge in [-0.1, -0.05) is 18.0 Å². The van der Waals surface area contributed by atoms with Gasteiger partial charge in [0.25, 0.3) is 0 Å². The highest BCUT2D eigenvalue weighted by atomic mass is 79.9. The number of halogens is 2. The lowest BCUT2D eigenvalue weighted by Crippen LogP contribution is -2.30. The molecule has 0 spiro atoms. The third-order valence-corrected chi connectivity index (χ3v) is 4.51. The average molecular weight is 437 g/mol. The van der Waals surface area contributed by atoms with Crippen LogP contribution in [0.2, 0.25) is 5.02 Å². The molecule has 140 valence electrons. The zero-order valence-corrected chi connectivity index (χ0v) is 16.3. The molecular formula is C17H23BrClNO5. The van der Waals surface area contributed by atoms with E-state index in [4.69, 9.17) is 36.1 Å². The van der Waals surface area contributed by atoms with E-state index in [9.17, 15) is 0 Å². The molecule has 0 unspecified atom stereocenters. The predicted octanol–water partition coefficient (Wildman–Crippen LogP) is 3.90. The van der Waals surface area contributed by atoms with E-state index in [0.29, 0.717) is 0 Å². The molecule has 1 saturated heterocycles. The molecule has 0 atom stereocenters. The molecule has 0 saturated carbocycles. The van der Waals surface area contributed by atoms with Crippen LogP contribution in [0.4, 0.5) is 0 Å². The average Bonchev–Trinajstić information content (AvgIpc) is 2.58. The fourth-order valence-corrected chi connectivity index (χ4v) is 3.19. The van der Waals surface area contributed by atoms with Gasteiger partial charge in [0, 0.05) is 5.02 Å². The quantitative estimate of drug-likeness (QED) is 0.519. The molecule has 6 nitrogen and oxygen atoms in total. The highest BCUT2D eigenvalue weighted by Crippen LogP contribution is 2.28. The Kier molecular flexibility index (Phi) is 10.5. The van der Waals surface area contributed by atoms with E-state index in [0.717, 1.165) is 28.3 Å². The summed E-state index contributed by atoms with van der Waals surface area (Å²) in [6, 6.07) is 5.64. The van der Waals surface area contributed by atoms with Crippen LogP contribution in [0, 0.1) is 0 Å². The number of carboxylic acids is 2. The summed E-state index contributed by atoms with van der Waals surface area (Å²) in [5.74, 6) is -2.77. The third-order valence-electron chi connectivity index (χ3n) is 3.65. The largest absolute Gasteiger partial charge is 0.492 e. The molecule has 0 bridgehead atoms. The molecule has 0 amide bonds. The summed E-state index contributed by atoms with van der Waals surface area (Å²) in [7, 11) is 0. The van der Waals surface area contributed by atoms with Crippen LogP contribution in [0.15, 0.2) is 22.7 Å². The number of rotatable bonds is 6. The Morgan fingerprint density at radius 3 is 2.32 bits per heavy atom. The summed E-state index contributed by atoms with van der Waals surface area (Å²) >= 11 is 9.36. The monoisotopic (exact) mass is 435 g/mol. The minimum atomic E-state index is -1.82. The molecule has 0 aliphatic carbocycles. The van der Waals surface area contributed by atoms with Gasteiger partial charge in [-0.25, -0.2) is 9.59 Å². The topological polar surface area (TPSA) is 87.1 Å². The number of likely N-dealkylation sites (tertiary alicyclic amines) is 1. The van der Waals surface area contributed by atoms with Crippen LogP contribution in [0.1, 0.15) is 32.1 Å². The van der Waals surface area contributed by atoms with Crippen molar-refractivity contribution >= 4 is 39.5 Å².